The zero-order valence-electron chi connectivity index (χ0n) is 13.9. The second kappa shape index (κ2) is 7.65. The van der Waals surface area contributed by atoms with E-state index in [-0.39, 0.29) is 23.2 Å². The molecule has 4 nitrogen and oxygen atoms in total. The van der Waals surface area contributed by atoms with Gasteiger partial charge in [0.25, 0.3) is 0 Å². The van der Waals surface area contributed by atoms with E-state index in [9.17, 15) is 9.59 Å². The molecule has 118 valence electrons. The van der Waals surface area contributed by atoms with E-state index >= 15 is 0 Å². The lowest BCUT2D eigenvalue weighted by atomic mass is 9.73. The summed E-state index contributed by atoms with van der Waals surface area (Å²) in [7, 11) is 0. The van der Waals surface area contributed by atoms with E-state index in [4.69, 9.17) is 5.11 Å². The van der Waals surface area contributed by atoms with Gasteiger partial charge in [0.15, 0.2) is 0 Å². The SMILES string of the molecule is CC(C)CCC(=O)NCC(C)(C)CC(C)(C)CC(=O)O. The molecular formula is C16H31NO3. The zero-order chi connectivity index (χ0) is 16.0. The van der Waals surface area contributed by atoms with Crippen LogP contribution in [0.5, 0.6) is 0 Å². The fourth-order valence-corrected chi connectivity index (χ4v) is 2.68. The maximum absolute atomic E-state index is 11.7. The second-order valence-electron chi connectivity index (χ2n) is 7.78. The molecule has 0 unspecified atom stereocenters. The average molecular weight is 285 g/mol. The van der Waals surface area contributed by atoms with Gasteiger partial charge in [-0.05, 0) is 29.6 Å². The van der Waals surface area contributed by atoms with Crippen molar-refractivity contribution >= 4 is 11.9 Å². The van der Waals surface area contributed by atoms with Gasteiger partial charge in [0.05, 0.1) is 6.42 Å². The number of rotatable bonds is 9. The Morgan fingerprint density at radius 3 is 2.10 bits per heavy atom. The van der Waals surface area contributed by atoms with Crippen LogP contribution < -0.4 is 5.32 Å². The number of carbonyl (C=O) groups excluding carboxylic acids is 1. The molecule has 0 radical (unpaired) electrons. The first-order valence-corrected chi connectivity index (χ1v) is 7.42. The summed E-state index contributed by atoms with van der Waals surface area (Å²) in [5.74, 6) is -0.155. The van der Waals surface area contributed by atoms with Gasteiger partial charge in [0.1, 0.15) is 0 Å². The smallest absolute Gasteiger partial charge is 0.303 e. The molecule has 0 rings (SSSR count). The highest BCUT2D eigenvalue weighted by atomic mass is 16.4. The molecule has 0 atom stereocenters. The van der Waals surface area contributed by atoms with Crippen LogP contribution in [0.3, 0.4) is 0 Å². The maximum Gasteiger partial charge on any atom is 0.303 e. The summed E-state index contributed by atoms with van der Waals surface area (Å²) in [5.41, 5.74) is -0.371. The van der Waals surface area contributed by atoms with Crippen LogP contribution in [-0.2, 0) is 9.59 Å². The summed E-state index contributed by atoms with van der Waals surface area (Å²) in [6.45, 7) is 12.9. The number of nitrogens with one attached hydrogen (secondary N) is 1. The van der Waals surface area contributed by atoms with E-state index in [0.717, 1.165) is 12.8 Å². The van der Waals surface area contributed by atoms with E-state index < -0.39 is 5.97 Å². The van der Waals surface area contributed by atoms with Gasteiger partial charge in [-0.2, -0.15) is 0 Å². The van der Waals surface area contributed by atoms with E-state index in [0.29, 0.717) is 18.9 Å². The number of hydrogen-bond donors (Lipinski definition) is 2. The van der Waals surface area contributed by atoms with Gasteiger partial charge in [-0.3, -0.25) is 9.59 Å². The van der Waals surface area contributed by atoms with E-state index in [1.807, 2.05) is 13.8 Å². The first kappa shape index (κ1) is 18.9. The lowest BCUT2D eigenvalue weighted by Crippen LogP contribution is -2.37. The van der Waals surface area contributed by atoms with Crippen molar-refractivity contribution in [1.29, 1.82) is 0 Å². The van der Waals surface area contributed by atoms with Gasteiger partial charge >= 0.3 is 5.97 Å². The van der Waals surface area contributed by atoms with E-state index in [1.54, 1.807) is 0 Å². The van der Waals surface area contributed by atoms with Crippen molar-refractivity contribution in [3.8, 4) is 0 Å². The van der Waals surface area contributed by atoms with Gasteiger partial charge in [-0.15, -0.1) is 0 Å². The molecule has 1 amide bonds. The Morgan fingerprint density at radius 1 is 1.10 bits per heavy atom. The van der Waals surface area contributed by atoms with Crippen molar-refractivity contribution in [3.63, 3.8) is 0 Å². The van der Waals surface area contributed by atoms with Crippen LogP contribution in [0.1, 0.15) is 67.2 Å². The number of carboxylic acid groups (broad SMARTS) is 1. The third-order valence-corrected chi connectivity index (χ3v) is 3.30. The Hall–Kier alpha value is -1.06. The molecule has 0 saturated heterocycles. The number of aliphatic carboxylic acids is 1. The molecule has 0 aromatic heterocycles. The molecule has 0 heterocycles. The summed E-state index contributed by atoms with van der Waals surface area (Å²) in [6, 6.07) is 0. The third kappa shape index (κ3) is 9.82. The molecule has 0 aliphatic carbocycles. The average Bonchev–Trinajstić information content (AvgIpc) is 2.19. The molecule has 0 spiro atoms. The summed E-state index contributed by atoms with van der Waals surface area (Å²) in [4.78, 5) is 22.6. The summed E-state index contributed by atoms with van der Waals surface area (Å²) < 4.78 is 0. The van der Waals surface area contributed by atoms with Gasteiger partial charge in [-0.1, -0.05) is 41.5 Å². The number of carboxylic acids is 1. The minimum absolute atomic E-state index is 0.0859. The highest BCUT2D eigenvalue weighted by Gasteiger charge is 2.30. The van der Waals surface area contributed by atoms with Crippen molar-refractivity contribution in [1.82, 2.24) is 5.32 Å². The quantitative estimate of drug-likeness (QED) is 0.682. The Bertz CT molecular complexity index is 333. The number of amides is 1. The van der Waals surface area contributed by atoms with Crippen LogP contribution in [-0.4, -0.2) is 23.5 Å². The largest absolute Gasteiger partial charge is 0.481 e. The van der Waals surface area contributed by atoms with Gasteiger partial charge in [-0.25, -0.2) is 0 Å². The van der Waals surface area contributed by atoms with Gasteiger partial charge in [0.2, 0.25) is 5.91 Å². The molecule has 4 heteroatoms. The Kier molecular flexibility index (Phi) is 7.25. The Balaban J connectivity index is 4.24. The van der Waals surface area contributed by atoms with E-state index in [2.05, 4.69) is 33.0 Å². The predicted molar refractivity (Wildman–Crippen MR) is 81.5 cm³/mol. The summed E-state index contributed by atoms with van der Waals surface area (Å²) in [6.07, 6.45) is 2.37. The summed E-state index contributed by atoms with van der Waals surface area (Å²) >= 11 is 0. The van der Waals surface area contributed by atoms with Crippen LogP contribution in [0.4, 0.5) is 0 Å². The van der Waals surface area contributed by atoms with E-state index in [1.165, 1.54) is 0 Å². The van der Waals surface area contributed by atoms with Crippen LogP contribution in [0.2, 0.25) is 0 Å². The second-order valence-corrected chi connectivity index (χ2v) is 7.78. The molecule has 0 saturated carbocycles. The minimum Gasteiger partial charge on any atom is -0.481 e. The van der Waals surface area contributed by atoms with Gasteiger partial charge < -0.3 is 10.4 Å². The Morgan fingerprint density at radius 2 is 1.65 bits per heavy atom. The standard InChI is InChI=1S/C16H31NO3/c1-12(2)7-8-13(18)17-11-16(5,6)10-15(3,4)9-14(19)20/h12H,7-11H2,1-6H3,(H,17,18)(H,19,20). The fourth-order valence-electron chi connectivity index (χ4n) is 2.68. The third-order valence-electron chi connectivity index (χ3n) is 3.30. The van der Waals surface area contributed by atoms with Crippen LogP contribution in [0.25, 0.3) is 0 Å². The van der Waals surface area contributed by atoms with Crippen molar-refractivity contribution in [3.05, 3.63) is 0 Å². The maximum atomic E-state index is 11.7. The summed E-state index contributed by atoms with van der Waals surface area (Å²) in [5, 5.41) is 11.9. The molecule has 0 aliphatic heterocycles. The molecule has 20 heavy (non-hydrogen) atoms. The Labute approximate surface area is 123 Å². The molecule has 0 aliphatic rings. The minimum atomic E-state index is -0.772. The number of hydrogen-bond acceptors (Lipinski definition) is 2. The van der Waals surface area contributed by atoms with Crippen molar-refractivity contribution < 1.29 is 14.7 Å². The van der Waals surface area contributed by atoms with Crippen molar-refractivity contribution in [2.75, 3.05) is 6.54 Å². The lowest BCUT2D eigenvalue weighted by Gasteiger charge is -2.34. The lowest BCUT2D eigenvalue weighted by molar-refractivity contribution is -0.139. The normalized spacial score (nSPS) is 12.6. The fraction of sp³-hybridized carbons (Fsp3) is 0.875. The van der Waals surface area contributed by atoms with Crippen molar-refractivity contribution in [2.45, 2.75) is 67.2 Å². The predicted octanol–water partition coefficient (Wildman–Crippen LogP) is 3.46. The first-order chi connectivity index (χ1) is 8.93. The topological polar surface area (TPSA) is 66.4 Å². The molecule has 2 N–H and O–H groups in total. The monoisotopic (exact) mass is 285 g/mol. The molecular weight excluding hydrogens is 254 g/mol. The highest BCUT2D eigenvalue weighted by Crippen LogP contribution is 2.35. The van der Waals surface area contributed by atoms with Crippen LogP contribution in [0, 0.1) is 16.7 Å². The molecule has 0 aromatic carbocycles. The zero-order valence-corrected chi connectivity index (χ0v) is 13.9. The van der Waals surface area contributed by atoms with Gasteiger partial charge in [0, 0.05) is 13.0 Å². The molecule has 0 aromatic rings. The molecule has 0 bridgehead atoms. The van der Waals surface area contributed by atoms with Crippen LogP contribution in [0.15, 0.2) is 0 Å². The highest BCUT2D eigenvalue weighted by molar-refractivity contribution is 5.75. The molecule has 0 fully saturated rings. The van der Waals surface area contributed by atoms with Crippen LogP contribution >= 0.6 is 0 Å². The van der Waals surface area contributed by atoms with Crippen molar-refractivity contribution in [2.24, 2.45) is 16.7 Å². The first-order valence-electron chi connectivity index (χ1n) is 7.42. The number of carbonyl (C=O) groups is 2.